The molecule has 0 spiro atoms. The highest BCUT2D eigenvalue weighted by molar-refractivity contribution is 7.89. The minimum atomic E-state index is -3.73. The van der Waals surface area contributed by atoms with Crippen molar-refractivity contribution >= 4 is 39.1 Å². The van der Waals surface area contributed by atoms with E-state index in [-0.39, 0.29) is 23.4 Å². The summed E-state index contributed by atoms with van der Waals surface area (Å²) in [4.78, 5) is 12.5. The second-order valence-corrected chi connectivity index (χ2v) is 8.90. The van der Waals surface area contributed by atoms with Gasteiger partial charge >= 0.3 is 0 Å². The molecule has 0 aliphatic carbocycles. The second kappa shape index (κ2) is 9.00. The monoisotopic (exact) mass is 452 g/mol. The van der Waals surface area contributed by atoms with Crippen LogP contribution in [-0.4, -0.2) is 14.3 Å². The number of amides is 1. The molecule has 29 heavy (non-hydrogen) atoms. The number of benzene rings is 2. The van der Waals surface area contributed by atoms with Crippen molar-refractivity contribution in [2.45, 2.75) is 24.4 Å². The summed E-state index contributed by atoms with van der Waals surface area (Å²) in [6, 6.07) is 13.7. The minimum Gasteiger partial charge on any atom is -0.468 e. The highest BCUT2D eigenvalue weighted by Gasteiger charge is 2.17. The van der Waals surface area contributed by atoms with Gasteiger partial charge in [0.05, 0.1) is 23.7 Å². The zero-order chi connectivity index (χ0) is 21.0. The molecule has 0 saturated heterocycles. The van der Waals surface area contributed by atoms with Crippen molar-refractivity contribution in [2.75, 3.05) is 0 Å². The molecule has 0 saturated carbocycles. The number of carbonyl (C=O) groups excluding carboxylic acids is 1. The number of nitrogens with one attached hydrogen (secondary N) is 2. The lowest BCUT2D eigenvalue weighted by molar-refractivity contribution is 0.0940. The summed E-state index contributed by atoms with van der Waals surface area (Å²) in [6.07, 6.45) is 1.47. The quantitative estimate of drug-likeness (QED) is 0.549. The lowest BCUT2D eigenvalue weighted by Gasteiger charge is -2.16. The molecule has 152 valence electrons. The van der Waals surface area contributed by atoms with Crippen LogP contribution in [0.25, 0.3) is 0 Å². The summed E-state index contributed by atoms with van der Waals surface area (Å²) >= 11 is 12.1. The van der Waals surface area contributed by atoms with Gasteiger partial charge < -0.3 is 9.73 Å². The summed E-state index contributed by atoms with van der Waals surface area (Å²) < 4.78 is 32.3. The van der Waals surface area contributed by atoms with Crippen LogP contribution in [-0.2, 0) is 16.6 Å². The summed E-state index contributed by atoms with van der Waals surface area (Å²) in [6.45, 7) is 1.83. The van der Waals surface area contributed by atoms with E-state index < -0.39 is 10.0 Å². The number of hydrogen-bond acceptors (Lipinski definition) is 4. The number of furan rings is 1. The lowest BCUT2D eigenvalue weighted by atomic mass is 10.1. The Morgan fingerprint density at radius 1 is 1.10 bits per heavy atom. The van der Waals surface area contributed by atoms with Crippen molar-refractivity contribution < 1.29 is 17.6 Å². The normalized spacial score (nSPS) is 12.5. The predicted molar refractivity (Wildman–Crippen MR) is 112 cm³/mol. The van der Waals surface area contributed by atoms with Gasteiger partial charge in [0, 0.05) is 15.6 Å². The molecule has 0 unspecified atom stereocenters. The molecule has 6 nitrogen and oxygen atoms in total. The number of halogens is 2. The Morgan fingerprint density at radius 3 is 2.45 bits per heavy atom. The van der Waals surface area contributed by atoms with E-state index in [2.05, 4.69) is 10.0 Å². The van der Waals surface area contributed by atoms with Crippen LogP contribution in [0.2, 0.25) is 10.0 Å². The fourth-order valence-electron chi connectivity index (χ4n) is 2.66. The number of rotatable bonds is 7. The zero-order valence-corrected chi connectivity index (χ0v) is 17.7. The molecule has 3 rings (SSSR count). The molecule has 1 amide bonds. The molecule has 0 radical (unpaired) electrons. The maximum atomic E-state index is 12.5. The first kappa shape index (κ1) is 21.4. The Bertz CT molecular complexity index is 1100. The van der Waals surface area contributed by atoms with E-state index in [1.165, 1.54) is 30.5 Å². The maximum Gasteiger partial charge on any atom is 0.251 e. The third kappa shape index (κ3) is 5.39. The van der Waals surface area contributed by atoms with Crippen LogP contribution < -0.4 is 10.0 Å². The fraction of sp³-hybridized carbons (Fsp3) is 0.150. The van der Waals surface area contributed by atoms with E-state index in [0.717, 1.165) is 5.56 Å². The maximum absolute atomic E-state index is 12.5. The molecule has 1 heterocycles. The fourth-order valence-corrected chi connectivity index (χ4v) is 4.22. The van der Waals surface area contributed by atoms with Crippen LogP contribution >= 0.6 is 23.2 Å². The van der Waals surface area contributed by atoms with Gasteiger partial charge in [-0.05, 0) is 61.0 Å². The SMILES string of the molecule is C[C@@H](NC(=O)c1ccc(S(=O)(=O)NCc2ccco2)cc1)c1ccc(Cl)cc1Cl. The van der Waals surface area contributed by atoms with Gasteiger partial charge in [0.15, 0.2) is 0 Å². The van der Waals surface area contributed by atoms with E-state index in [4.69, 9.17) is 27.6 Å². The average Bonchev–Trinajstić information content (AvgIpc) is 3.20. The van der Waals surface area contributed by atoms with Gasteiger partial charge in [-0.25, -0.2) is 13.1 Å². The Balaban J connectivity index is 1.66. The van der Waals surface area contributed by atoms with Crippen molar-refractivity contribution in [3.05, 3.63) is 87.8 Å². The average molecular weight is 453 g/mol. The van der Waals surface area contributed by atoms with E-state index >= 15 is 0 Å². The van der Waals surface area contributed by atoms with Crippen molar-refractivity contribution in [2.24, 2.45) is 0 Å². The molecule has 1 aromatic heterocycles. The Hall–Kier alpha value is -2.32. The first-order chi connectivity index (χ1) is 13.8. The summed E-state index contributed by atoms with van der Waals surface area (Å²) in [5.74, 6) is 0.149. The molecule has 2 N–H and O–H groups in total. The standard InChI is InChI=1S/C20H18Cl2N2O4S/c1-13(18-9-6-15(21)11-19(18)22)24-20(25)14-4-7-17(8-5-14)29(26,27)23-12-16-3-2-10-28-16/h2-11,13,23H,12H2,1H3,(H,24,25)/t13-/m1/s1. The van der Waals surface area contributed by atoms with Gasteiger partial charge in [0.1, 0.15) is 5.76 Å². The smallest absolute Gasteiger partial charge is 0.251 e. The number of hydrogen-bond donors (Lipinski definition) is 2. The van der Waals surface area contributed by atoms with Crippen LogP contribution in [0.15, 0.2) is 70.2 Å². The van der Waals surface area contributed by atoms with Crippen molar-refractivity contribution in [1.82, 2.24) is 10.0 Å². The minimum absolute atomic E-state index is 0.0386. The van der Waals surface area contributed by atoms with Crippen LogP contribution in [0, 0.1) is 0 Å². The van der Waals surface area contributed by atoms with E-state index in [1.807, 2.05) is 0 Å². The van der Waals surface area contributed by atoms with Gasteiger partial charge in [-0.3, -0.25) is 4.79 Å². The largest absolute Gasteiger partial charge is 0.468 e. The van der Waals surface area contributed by atoms with Crippen molar-refractivity contribution in [3.63, 3.8) is 0 Å². The first-order valence-electron chi connectivity index (χ1n) is 8.64. The van der Waals surface area contributed by atoms with Crippen molar-refractivity contribution in [3.8, 4) is 0 Å². The highest BCUT2D eigenvalue weighted by atomic mass is 35.5. The van der Waals surface area contributed by atoms with Gasteiger partial charge in [0.25, 0.3) is 5.91 Å². The third-order valence-corrected chi connectivity index (χ3v) is 6.20. The molecular weight excluding hydrogens is 435 g/mol. The van der Waals surface area contributed by atoms with Crippen LogP contribution in [0.1, 0.15) is 34.6 Å². The molecule has 1 atom stereocenters. The molecule has 0 aliphatic rings. The Morgan fingerprint density at radius 2 is 1.83 bits per heavy atom. The van der Waals surface area contributed by atoms with E-state index in [0.29, 0.717) is 21.4 Å². The third-order valence-electron chi connectivity index (χ3n) is 4.22. The molecule has 3 aromatic rings. The number of carbonyl (C=O) groups is 1. The first-order valence-corrected chi connectivity index (χ1v) is 10.9. The molecule has 0 fully saturated rings. The lowest BCUT2D eigenvalue weighted by Crippen LogP contribution is -2.27. The van der Waals surface area contributed by atoms with Gasteiger partial charge in [-0.1, -0.05) is 29.3 Å². The summed E-state index contributed by atoms with van der Waals surface area (Å²) in [5.41, 5.74) is 1.05. The Labute approximate surface area is 178 Å². The van der Waals surface area contributed by atoms with Crippen LogP contribution in [0.3, 0.4) is 0 Å². The molecule has 0 bridgehead atoms. The van der Waals surface area contributed by atoms with Crippen molar-refractivity contribution in [1.29, 1.82) is 0 Å². The number of sulfonamides is 1. The zero-order valence-electron chi connectivity index (χ0n) is 15.4. The van der Waals surface area contributed by atoms with Gasteiger partial charge in [-0.15, -0.1) is 0 Å². The van der Waals surface area contributed by atoms with E-state index in [1.54, 1.807) is 37.3 Å². The second-order valence-electron chi connectivity index (χ2n) is 6.29. The summed E-state index contributed by atoms with van der Waals surface area (Å²) in [7, 11) is -3.73. The predicted octanol–water partition coefficient (Wildman–Crippen LogP) is 4.56. The van der Waals surface area contributed by atoms with Crippen LogP contribution in [0.5, 0.6) is 0 Å². The summed E-state index contributed by atoms with van der Waals surface area (Å²) in [5, 5.41) is 3.79. The van der Waals surface area contributed by atoms with Gasteiger partial charge in [-0.2, -0.15) is 0 Å². The van der Waals surface area contributed by atoms with E-state index in [9.17, 15) is 13.2 Å². The molecular formula is C20H18Cl2N2O4S. The topological polar surface area (TPSA) is 88.4 Å². The molecule has 0 aliphatic heterocycles. The Kier molecular flexibility index (Phi) is 6.64. The highest BCUT2D eigenvalue weighted by Crippen LogP contribution is 2.26. The molecule has 2 aromatic carbocycles. The van der Waals surface area contributed by atoms with Crippen LogP contribution in [0.4, 0.5) is 0 Å². The van der Waals surface area contributed by atoms with Gasteiger partial charge in [0.2, 0.25) is 10.0 Å². The molecule has 9 heteroatoms.